The summed E-state index contributed by atoms with van der Waals surface area (Å²) in [6.07, 6.45) is 0.513. The summed E-state index contributed by atoms with van der Waals surface area (Å²) in [6.45, 7) is 7.87. The smallest absolute Gasteiger partial charge is 0.180 e. The summed E-state index contributed by atoms with van der Waals surface area (Å²) >= 11 is 0. The van der Waals surface area contributed by atoms with Crippen LogP contribution in [0.15, 0.2) is 12.1 Å². The maximum absolute atomic E-state index is 11.6. The van der Waals surface area contributed by atoms with Crippen LogP contribution in [-0.2, 0) is 0 Å². The molecule has 2 rings (SSSR count). The second-order valence-corrected chi connectivity index (χ2v) is 4.31. The van der Waals surface area contributed by atoms with Gasteiger partial charge in [-0.05, 0) is 19.1 Å². The second kappa shape index (κ2) is 6.71. The number of halogens is 1. The number of nitrogens with one attached hydrogen (secondary N) is 1. The number of piperazine rings is 1. The molecule has 1 aromatic heterocycles. The summed E-state index contributed by atoms with van der Waals surface area (Å²) in [5.41, 5.74) is 2.69. The first-order valence-electron chi connectivity index (χ1n) is 6.19. The van der Waals surface area contributed by atoms with Crippen molar-refractivity contribution in [2.75, 3.05) is 31.1 Å². The molecule has 0 bridgehead atoms. The topological polar surface area (TPSA) is 45.2 Å². The highest BCUT2D eigenvalue weighted by Crippen LogP contribution is 2.19. The van der Waals surface area contributed by atoms with Gasteiger partial charge in [0.1, 0.15) is 5.69 Å². The summed E-state index contributed by atoms with van der Waals surface area (Å²) < 4.78 is 0. The van der Waals surface area contributed by atoms with Crippen molar-refractivity contribution in [2.45, 2.75) is 20.3 Å². The molecule has 0 aromatic carbocycles. The van der Waals surface area contributed by atoms with E-state index in [1.807, 2.05) is 26.0 Å². The first-order chi connectivity index (χ1) is 8.22. The lowest BCUT2D eigenvalue weighted by molar-refractivity contribution is 0.0983. The minimum absolute atomic E-state index is 0. The van der Waals surface area contributed by atoms with Gasteiger partial charge in [0.05, 0.1) is 11.4 Å². The first kappa shape index (κ1) is 14.9. The molecule has 0 atom stereocenters. The van der Waals surface area contributed by atoms with E-state index in [0.717, 1.165) is 37.6 Å². The van der Waals surface area contributed by atoms with Crippen molar-refractivity contribution in [1.29, 1.82) is 0 Å². The van der Waals surface area contributed by atoms with Crippen LogP contribution < -0.4 is 10.2 Å². The Hall–Kier alpha value is -1.13. The van der Waals surface area contributed by atoms with Crippen molar-refractivity contribution in [3.05, 3.63) is 23.5 Å². The minimum Gasteiger partial charge on any atom is -0.368 e. The van der Waals surface area contributed by atoms with Gasteiger partial charge in [-0.25, -0.2) is 4.98 Å². The predicted octanol–water partition coefficient (Wildman–Crippen LogP) is 1.81. The number of carbonyl (C=O) groups excluding carboxylic acids is 1. The van der Waals surface area contributed by atoms with Gasteiger partial charge < -0.3 is 10.2 Å². The number of ketones is 1. The van der Waals surface area contributed by atoms with E-state index >= 15 is 0 Å². The third-order valence-electron chi connectivity index (χ3n) is 3.12. The third kappa shape index (κ3) is 3.21. The highest BCUT2D eigenvalue weighted by atomic mass is 35.5. The van der Waals surface area contributed by atoms with E-state index in [1.54, 1.807) is 0 Å². The Labute approximate surface area is 114 Å². The average molecular weight is 270 g/mol. The monoisotopic (exact) mass is 269 g/mol. The van der Waals surface area contributed by atoms with Gasteiger partial charge in [0.15, 0.2) is 5.78 Å². The van der Waals surface area contributed by atoms with Crippen LogP contribution >= 0.6 is 12.4 Å². The molecule has 1 saturated heterocycles. The fourth-order valence-electron chi connectivity index (χ4n) is 2.13. The molecule has 1 aliphatic heterocycles. The molecule has 0 unspecified atom stereocenters. The van der Waals surface area contributed by atoms with Crippen molar-refractivity contribution in [3.63, 3.8) is 0 Å². The molecule has 0 radical (unpaired) electrons. The van der Waals surface area contributed by atoms with Crippen LogP contribution in [0.5, 0.6) is 0 Å². The number of carbonyl (C=O) groups is 1. The first-order valence-corrected chi connectivity index (χ1v) is 6.19. The Bertz CT molecular complexity index is 417. The molecule has 4 nitrogen and oxygen atoms in total. The Balaban J connectivity index is 0.00000162. The van der Waals surface area contributed by atoms with Crippen LogP contribution in [0.2, 0.25) is 0 Å². The fourth-order valence-corrected chi connectivity index (χ4v) is 2.13. The fraction of sp³-hybridized carbons (Fsp3) is 0.538. The molecule has 1 aliphatic rings. The Morgan fingerprint density at radius 3 is 2.61 bits per heavy atom. The van der Waals surface area contributed by atoms with Crippen molar-refractivity contribution < 1.29 is 4.79 Å². The van der Waals surface area contributed by atoms with E-state index in [9.17, 15) is 4.79 Å². The molecule has 1 N–H and O–H groups in total. The number of rotatable bonds is 3. The average Bonchev–Trinajstić information content (AvgIpc) is 2.38. The summed E-state index contributed by atoms with van der Waals surface area (Å²) in [4.78, 5) is 18.3. The number of pyridine rings is 1. The van der Waals surface area contributed by atoms with Crippen LogP contribution in [0.4, 0.5) is 5.69 Å². The molecule has 2 heterocycles. The normalized spacial score (nSPS) is 15.1. The lowest BCUT2D eigenvalue weighted by Crippen LogP contribution is -2.43. The summed E-state index contributed by atoms with van der Waals surface area (Å²) in [6, 6.07) is 3.87. The molecule has 1 fully saturated rings. The zero-order valence-corrected chi connectivity index (χ0v) is 11.7. The van der Waals surface area contributed by atoms with Gasteiger partial charge in [-0.3, -0.25) is 4.79 Å². The number of aryl methyl sites for hydroxylation is 1. The summed E-state index contributed by atoms with van der Waals surface area (Å²) in [5, 5.41) is 3.33. The van der Waals surface area contributed by atoms with Crippen LogP contribution in [0.3, 0.4) is 0 Å². The van der Waals surface area contributed by atoms with Gasteiger partial charge in [0, 0.05) is 32.6 Å². The number of aromatic nitrogens is 1. The quantitative estimate of drug-likeness (QED) is 0.850. The van der Waals surface area contributed by atoms with Crippen molar-refractivity contribution >= 4 is 23.9 Å². The molecular formula is C13H20ClN3O. The van der Waals surface area contributed by atoms with Crippen molar-refractivity contribution in [3.8, 4) is 0 Å². The zero-order valence-electron chi connectivity index (χ0n) is 10.9. The van der Waals surface area contributed by atoms with Crippen molar-refractivity contribution in [2.24, 2.45) is 0 Å². The van der Waals surface area contributed by atoms with Crippen LogP contribution in [0, 0.1) is 6.92 Å². The number of anilines is 1. The number of Topliss-reactive ketones (excluding diaryl/α,β-unsaturated/α-hetero) is 1. The highest BCUT2D eigenvalue weighted by molar-refractivity contribution is 5.94. The van der Waals surface area contributed by atoms with E-state index in [2.05, 4.69) is 15.2 Å². The maximum Gasteiger partial charge on any atom is 0.180 e. The van der Waals surface area contributed by atoms with Gasteiger partial charge >= 0.3 is 0 Å². The molecule has 0 amide bonds. The van der Waals surface area contributed by atoms with E-state index in [0.29, 0.717) is 12.1 Å². The lowest BCUT2D eigenvalue weighted by Gasteiger charge is -2.30. The second-order valence-electron chi connectivity index (χ2n) is 4.31. The molecule has 1 aromatic rings. The lowest BCUT2D eigenvalue weighted by atomic mass is 10.1. The third-order valence-corrected chi connectivity index (χ3v) is 3.12. The van der Waals surface area contributed by atoms with E-state index < -0.39 is 0 Å². The Kier molecular flexibility index (Phi) is 5.56. The van der Waals surface area contributed by atoms with E-state index in [-0.39, 0.29) is 18.2 Å². The Morgan fingerprint density at radius 2 is 2.06 bits per heavy atom. The van der Waals surface area contributed by atoms with Crippen LogP contribution in [0.25, 0.3) is 0 Å². The number of nitrogens with zero attached hydrogens (tertiary/aromatic N) is 2. The molecule has 0 saturated carbocycles. The molecule has 18 heavy (non-hydrogen) atoms. The molecule has 5 heteroatoms. The molecular weight excluding hydrogens is 250 g/mol. The van der Waals surface area contributed by atoms with Crippen LogP contribution in [0.1, 0.15) is 29.5 Å². The molecule has 100 valence electrons. The molecule has 0 spiro atoms. The van der Waals surface area contributed by atoms with Crippen LogP contribution in [-0.4, -0.2) is 36.9 Å². The minimum atomic E-state index is 0. The van der Waals surface area contributed by atoms with E-state index in [1.165, 1.54) is 0 Å². The van der Waals surface area contributed by atoms with Gasteiger partial charge in [0.2, 0.25) is 0 Å². The standard InChI is InChI=1S/C13H19N3O.ClH/c1-3-13(17)11-4-5-12(10(2)15-11)16-8-6-14-7-9-16;/h4-5,14H,3,6-9H2,1-2H3;1H. The van der Waals surface area contributed by atoms with Gasteiger partial charge in [-0.1, -0.05) is 6.92 Å². The maximum atomic E-state index is 11.6. The number of hydrogen-bond acceptors (Lipinski definition) is 4. The highest BCUT2D eigenvalue weighted by Gasteiger charge is 2.14. The summed E-state index contributed by atoms with van der Waals surface area (Å²) in [7, 11) is 0. The number of hydrogen-bond donors (Lipinski definition) is 1. The predicted molar refractivity (Wildman–Crippen MR) is 75.9 cm³/mol. The van der Waals surface area contributed by atoms with Gasteiger partial charge in [-0.2, -0.15) is 0 Å². The van der Waals surface area contributed by atoms with Gasteiger partial charge in [-0.15, -0.1) is 12.4 Å². The zero-order chi connectivity index (χ0) is 12.3. The summed E-state index contributed by atoms with van der Waals surface area (Å²) in [5.74, 6) is 0.111. The van der Waals surface area contributed by atoms with Crippen molar-refractivity contribution in [1.82, 2.24) is 10.3 Å². The van der Waals surface area contributed by atoms with E-state index in [4.69, 9.17) is 0 Å². The SMILES string of the molecule is CCC(=O)c1ccc(N2CCNCC2)c(C)n1.Cl. The molecule has 0 aliphatic carbocycles. The Morgan fingerprint density at radius 1 is 1.39 bits per heavy atom. The van der Waals surface area contributed by atoms with Gasteiger partial charge in [0.25, 0.3) is 0 Å². The largest absolute Gasteiger partial charge is 0.368 e.